The lowest BCUT2D eigenvalue weighted by molar-refractivity contribution is 0.381. The monoisotopic (exact) mass is 344 g/mol. The molecule has 0 aliphatic rings. The molecule has 0 fully saturated rings. The molecule has 0 spiro atoms. The van der Waals surface area contributed by atoms with Crippen LogP contribution in [0.25, 0.3) is 0 Å². The SMILES string of the molecule is C=C(O)/C(=C\C(=C\C)Sc1cc(C(C)(C)C)ccc1C)C(C)(C)C. The number of rotatable bonds is 4. The minimum Gasteiger partial charge on any atom is -0.508 e. The van der Waals surface area contributed by atoms with Crippen molar-refractivity contribution in [1.29, 1.82) is 0 Å². The van der Waals surface area contributed by atoms with Gasteiger partial charge in [-0.25, -0.2) is 0 Å². The molecule has 1 aromatic rings. The van der Waals surface area contributed by atoms with Crippen molar-refractivity contribution in [2.24, 2.45) is 5.41 Å². The number of hydrogen-bond donors (Lipinski definition) is 1. The smallest absolute Gasteiger partial charge is 0.112 e. The molecule has 1 N–H and O–H groups in total. The van der Waals surface area contributed by atoms with Gasteiger partial charge in [-0.05, 0) is 53.5 Å². The Morgan fingerprint density at radius 2 is 1.71 bits per heavy atom. The Bertz CT molecular complexity index is 664. The molecule has 0 amide bonds. The van der Waals surface area contributed by atoms with Gasteiger partial charge in [0.2, 0.25) is 0 Å². The summed E-state index contributed by atoms with van der Waals surface area (Å²) < 4.78 is 0. The third-order valence-corrected chi connectivity index (χ3v) is 5.22. The van der Waals surface area contributed by atoms with Crippen molar-refractivity contribution in [3.05, 3.63) is 64.3 Å². The zero-order valence-electron chi connectivity index (χ0n) is 16.4. The summed E-state index contributed by atoms with van der Waals surface area (Å²) in [6.45, 7) is 20.9. The van der Waals surface area contributed by atoms with E-state index in [9.17, 15) is 5.11 Å². The Morgan fingerprint density at radius 3 is 2.12 bits per heavy atom. The largest absolute Gasteiger partial charge is 0.508 e. The lowest BCUT2D eigenvalue weighted by Gasteiger charge is -2.23. The fourth-order valence-corrected chi connectivity index (χ4v) is 3.31. The molecule has 0 aliphatic carbocycles. The number of benzene rings is 1. The summed E-state index contributed by atoms with van der Waals surface area (Å²) in [5.74, 6) is 0.141. The lowest BCUT2D eigenvalue weighted by Crippen LogP contribution is -2.11. The minimum atomic E-state index is -0.150. The summed E-state index contributed by atoms with van der Waals surface area (Å²) in [7, 11) is 0. The maximum atomic E-state index is 9.96. The van der Waals surface area contributed by atoms with Crippen molar-refractivity contribution >= 4 is 11.8 Å². The average Bonchev–Trinajstić information content (AvgIpc) is 2.42. The van der Waals surface area contributed by atoms with Crippen LogP contribution in [-0.4, -0.2) is 5.11 Å². The molecular weight excluding hydrogens is 312 g/mol. The van der Waals surface area contributed by atoms with Crippen LogP contribution in [-0.2, 0) is 5.41 Å². The second-order valence-corrected chi connectivity index (χ2v) is 9.39. The zero-order valence-corrected chi connectivity index (χ0v) is 17.3. The molecule has 0 aromatic heterocycles. The van der Waals surface area contributed by atoms with Gasteiger partial charge in [0, 0.05) is 9.80 Å². The first-order valence-electron chi connectivity index (χ1n) is 8.42. The highest BCUT2D eigenvalue weighted by Crippen LogP contribution is 2.37. The van der Waals surface area contributed by atoms with Gasteiger partial charge in [-0.3, -0.25) is 0 Å². The summed E-state index contributed by atoms with van der Waals surface area (Å²) in [6, 6.07) is 6.68. The highest BCUT2D eigenvalue weighted by Gasteiger charge is 2.20. The first-order valence-corrected chi connectivity index (χ1v) is 9.23. The number of aryl methyl sites for hydroxylation is 1. The van der Waals surface area contributed by atoms with Gasteiger partial charge >= 0.3 is 0 Å². The number of aliphatic hydroxyl groups is 1. The molecule has 1 aromatic carbocycles. The third-order valence-electron chi connectivity index (χ3n) is 3.97. The summed E-state index contributed by atoms with van der Waals surface area (Å²) in [6.07, 6.45) is 4.14. The maximum absolute atomic E-state index is 9.96. The summed E-state index contributed by atoms with van der Waals surface area (Å²) >= 11 is 1.74. The van der Waals surface area contributed by atoms with Crippen LogP contribution < -0.4 is 0 Å². The van der Waals surface area contributed by atoms with Crippen LogP contribution in [0, 0.1) is 12.3 Å². The van der Waals surface area contributed by atoms with Crippen molar-refractivity contribution in [1.82, 2.24) is 0 Å². The maximum Gasteiger partial charge on any atom is 0.112 e. The predicted molar refractivity (Wildman–Crippen MR) is 109 cm³/mol. The van der Waals surface area contributed by atoms with Gasteiger partial charge in [-0.1, -0.05) is 78.1 Å². The van der Waals surface area contributed by atoms with E-state index in [4.69, 9.17) is 0 Å². The fraction of sp³-hybridized carbons (Fsp3) is 0.455. The van der Waals surface area contributed by atoms with Crippen molar-refractivity contribution in [3.8, 4) is 0 Å². The molecule has 24 heavy (non-hydrogen) atoms. The number of thioether (sulfide) groups is 1. The second kappa shape index (κ2) is 7.65. The number of hydrogen-bond acceptors (Lipinski definition) is 2. The lowest BCUT2D eigenvalue weighted by atomic mass is 9.85. The molecule has 0 heterocycles. The Balaban J connectivity index is 3.25. The zero-order chi connectivity index (χ0) is 18.7. The molecular formula is C22H32OS. The molecule has 132 valence electrons. The van der Waals surface area contributed by atoms with E-state index in [1.807, 2.05) is 6.92 Å². The molecule has 0 radical (unpaired) electrons. The Kier molecular flexibility index (Phi) is 6.58. The van der Waals surface area contributed by atoms with Crippen LogP contribution in [0.5, 0.6) is 0 Å². The van der Waals surface area contributed by atoms with Crippen LogP contribution >= 0.6 is 11.8 Å². The molecule has 1 nitrogen and oxygen atoms in total. The van der Waals surface area contributed by atoms with Crippen LogP contribution in [0.15, 0.2) is 58.1 Å². The van der Waals surface area contributed by atoms with Gasteiger partial charge in [0.15, 0.2) is 0 Å². The molecule has 2 heteroatoms. The first-order chi connectivity index (χ1) is 10.9. The summed E-state index contributed by atoms with van der Waals surface area (Å²) in [5, 5.41) is 9.96. The molecule has 0 saturated carbocycles. The molecule has 0 bridgehead atoms. The Hall–Kier alpha value is -1.41. The van der Waals surface area contributed by atoms with Gasteiger partial charge in [0.1, 0.15) is 5.76 Å². The van der Waals surface area contributed by atoms with E-state index in [0.717, 1.165) is 10.5 Å². The van der Waals surface area contributed by atoms with Crippen molar-refractivity contribution in [3.63, 3.8) is 0 Å². The molecule has 0 atom stereocenters. The summed E-state index contributed by atoms with van der Waals surface area (Å²) in [5.41, 5.74) is 3.44. The molecule has 0 aliphatic heterocycles. The van der Waals surface area contributed by atoms with Crippen molar-refractivity contribution < 1.29 is 5.11 Å². The van der Waals surface area contributed by atoms with Crippen LogP contribution in [0.3, 0.4) is 0 Å². The topological polar surface area (TPSA) is 20.2 Å². The van der Waals surface area contributed by atoms with Gasteiger partial charge in [-0.15, -0.1) is 0 Å². The predicted octanol–water partition coefficient (Wildman–Crippen LogP) is 7.33. The van der Waals surface area contributed by atoms with E-state index in [1.54, 1.807) is 11.8 Å². The molecule has 0 unspecified atom stereocenters. The van der Waals surface area contributed by atoms with Crippen LogP contribution in [0.1, 0.15) is 59.6 Å². The van der Waals surface area contributed by atoms with Crippen LogP contribution in [0.2, 0.25) is 0 Å². The summed E-state index contributed by atoms with van der Waals surface area (Å²) in [4.78, 5) is 2.37. The minimum absolute atomic E-state index is 0.130. The van der Waals surface area contributed by atoms with Gasteiger partial charge in [0.05, 0.1) is 0 Å². The Labute approximate surface area is 152 Å². The fourth-order valence-electron chi connectivity index (χ4n) is 2.35. The quantitative estimate of drug-likeness (QED) is 0.350. The highest BCUT2D eigenvalue weighted by atomic mass is 32.2. The van der Waals surface area contributed by atoms with Crippen molar-refractivity contribution in [2.45, 2.75) is 65.7 Å². The van der Waals surface area contributed by atoms with Crippen molar-refractivity contribution in [2.75, 3.05) is 0 Å². The van der Waals surface area contributed by atoms with E-state index in [-0.39, 0.29) is 16.6 Å². The van der Waals surface area contributed by atoms with E-state index in [1.165, 1.54) is 16.0 Å². The number of aliphatic hydroxyl groups excluding tert-OH is 1. The van der Waals surface area contributed by atoms with E-state index in [0.29, 0.717) is 0 Å². The van der Waals surface area contributed by atoms with E-state index < -0.39 is 0 Å². The highest BCUT2D eigenvalue weighted by molar-refractivity contribution is 8.03. The third kappa shape index (κ3) is 5.59. The van der Waals surface area contributed by atoms with Crippen LogP contribution in [0.4, 0.5) is 0 Å². The standard InChI is InChI=1S/C22H32OS/c1-10-18(14-19(16(3)23)22(7,8)9)24-20-13-17(21(4,5)6)12-11-15(20)2/h10-14,23H,3H2,1-2,4-9H3/b18-10-,19-14+. The van der Waals surface area contributed by atoms with E-state index in [2.05, 4.69) is 85.4 Å². The molecule has 0 saturated heterocycles. The van der Waals surface area contributed by atoms with Gasteiger partial charge in [0.25, 0.3) is 0 Å². The van der Waals surface area contributed by atoms with Gasteiger partial charge < -0.3 is 5.11 Å². The number of allylic oxidation sites excluding steroid dienone is 3. The first kappa shape index (κ1) is 20.6. The van der Waals surface area contributed by atoms with E-state index >= 15 is 0 Å². The second-order valence-electron chi connectivity index (χ2n) is 8.28. The average molecular weight is 345 g/mol. The molecule has 1 rings (SSSR count). The Morgan fingerprint density at radius 1 is 1.12 bits per heavy atom. The van der Waals surface area contributed by atoms with Gasteiger partial charge in [-0.2, -0.15) is 0 Å². The normalized spacial score (nSPS) is 14.0.